The van der Waals surface area contributed by atoms with Crippen molar-refractivity contribution in [1.82, 2.24) is 25.0 Å². The molecular formula is C18H25N5O2. The fourth-order valence-electron chi connectivity index (χ4n) is 3.24. The van der Waals surface area contributed by atoms with Gasteiger partial charge in [-0.3, -0.25) is 14.4 Å². The standard InChI is InChI=1S/C18H25N5O2/c1-25-17-6-4-15(5-7-17)9-20-18(24)12-22-8-2-3-16(10-22)11-23-14-19-13-21-23/h4-7,13-14,16H,2-3,8-12H2,1H3,(H,20,24)/t16-/m1/s1. The Labute approximate surface area is 148 Å². The summed E-state index contributed by atoms with van der Waals surface area (Å²) in [4.78, 5) is 18.4. The van der Waals surface area contributed by atoms with Crippen molar-refractivity contribution in [3.05, 3.63) is 42.5 Å². The molecule has 3 rings (SSSR count). The molecule has 7 heteroatoms. The average Bonchev–Trinajstić information content (AvgIpc) is 3.14. The Hall–Kier alpha value is -2.41. The monoisotopic (exact) mass is 343 g/mol. The zero-order valence-corrected chi connectivity index (χ0v) is 14.6. The van der Waals surface area contributed by atoms with Crippen LogP contribution in [-0.2, 0) is 17.9 Å². The number of ether oxygens (including phenoxy) is 1. The van der Waals surface area contributed by atoms with E-state index in [-0.39, 0.29) is 5.91 Å². The van der Waals surface area contributed by atoms with Gasteiger partial charge < -0.3 is 10.1 Å². The predicted molar refractivity (Wildman–Crippen MR) is 94.0 cm³/mol. The van der Waals surface area contributed by atoms with Crippen LogP contribution in [0, 0.1) is 5.92 Å². The molecule has 0 radical (unpaired) electrons. The minimum Gasteiger partial charge on any atom is -0.497 e. The summed E-state index contributed by atoms with van der Waals surface area (Å²) in [6, 6.07) is 7.74. The number of hydrogen-bond acceptors (Lipinski definition) is 5. The Morgan fingerprint density at radius 3 is 2.92 bits per heavy atom. The minimum atomic E-state index is 0.0669. The van der Waals surface area contributed by atoms with E-state index in [9.17, 15) is 4.79 Å². The van der Waals surface area contributed by atoms with Crippen LogP contribution in [0.2, 0.25) is 0 Å². The molecule has 1 fully saturated rings. The Morgan fingerprint density at radius 1 is 1.36 bits per heavy atom. The van der Waals surface area contributed by atoms with Gasteiger partial charge in [0.25, 0.3) is 0 Å². The molecule has 25 heavy (non-hydrogen) atoms. The topological polar surface area (TPSA) is 72.3 Å². The van der Waals surface area contributed by atoms with Gasteiger partial charge in [-0.1, -0.05) is 12.1 Å². The van der Waals surface area contributed by atoms with Gasteiger partial charge in [-0.05, 0) is 43.0 Å². The highest BCUT2D eigenvalue weighted by Gasteiger charge is 2.22. The van der Waals surface area contributed by atoms with E-state index in [0.717, 1.165) is 37.4 Å². The normalized spacial score (nSPS) is 18.0. The number of nitrogens with one attached hydrogen (secondary N) is 1. The summed E-state index contributed by atoms with van der Waals surface area (Å²) in [5.41, 5.74) is 1.07. The number of likely N-dealkylation sites (tertiary alicyclic amines) is 1. The van der Waals surface area contributed by atoms with Crippen LogP contribution in [0.1, 0.15) is 18.4 Å². The molecule has 1 aromatic carbocycles. The molecule has 1 saturated heterocycles. The lowest BCUT2D eigenvalue weighted by Crippen LogP contribution is -2.43. The molecule has 7 nitrogen and oxygen atoms in total. The number of rotatable bonds is 7. The third kappa shape index (κ3) is 5.29. The number of piperidine rings is 1. The summed E-state index contributed by atoms with van der Waals surface area (Å²) in [5.74, 6) is 1.41. The first kappa shape index (κ1) is 17.4. The van der Waals surface area contributed by atoms with Crippen molar-refractivity contribution >= 4 is 5.91 Å². The molecule has 1 N–H and O–H groups in total. The van der Waals surface area contributed by atoms with Crippen molar-refractivity contribution in [2.45, 2.75) is 25.9 Å². The van der Waals surface area contributed by atoms with Crippen LogP contribution in [0.5, 0.6) is 5.75 Å². The molecule has 0 spiro atoms. The highest BCUT2D eigenvalue weighted by molar-refractivity contribution is 5.78. The molecule has 0 aliphatic carbocycles. The largest absolute Gasteiger partial charge is 0.497 e. The summed E-state index contributed by atoms with van der Waals surface area (Å²) < 4.78 is 7.01. The van der Waals surface area contributed by atoms with E-state index in [0.29, 0.717) is 19.0 Å². The third-order valence-electron chi connectivity index (χ3n) is 4.53. The number of hydrogen-bond donors (Lipinski definition) is 1. The number of carbonyl (C=O) groups is 1. The Morgan fingerprint density at radius 2 is 2.20 bits per heavy atom. The zero-order valence-electron chi connectivity index (χ0n) is 14.6. The highest BCUT2D eigenvalue weighted by Crippen LogP contribution is 2.17. The van der Waals surface area contributed by atoms with E-state index in [4.69, 9.17) is 4.74 Å². The maximum Gasteiger partial charge on any atom is 0.234 e. The van der Waals surface area contributed by atoms with Gasteiger partial charge in [0.05, 0.1) is 13.7 Å². The Balaban J connectivity index is 1.42. The van der Waals surface area contributed by atoms with Crippen LogP contribution in [-0.4, -0.2) is 52.3 Å². The molecule has 2 aromatic rings. The molecule has 1 aliphatic rings. The maximum absolute atomic E-state index is 12.2. The minimum absolute atomic E-state index is 0.0669. The highest BCUT2D eigenvalue weighted by atomic mass is 16.5. The second kappa shape index (κ2) is 8.62. The number of carbonyl (C=O) groups excluding carboxylic acids is 1. The SMILES string of the molecule is COc1ccc(CNC(=O)CN2CCC[C@@H](Cn3cncn3)C2)cc1. The van der Waals surface area contributed by atoms with Gasteiger partial charge in [0.2, 0.25) is 5.91 Å². The van der Waals surface area contributed by atoms with Crippen LogP contribution < -0.4 is 10.1 Å². The summed E-state index contributed by atoms with van der Waals surface area (Å²) in [5, 5.41) is 7.17. The smallest absolute Gasteiger partial charge is 0.234 e. The van der Waals surface area contributed by atoms with Crippen molar-refractivity contribution < 1.29 is 9.53 Å². The van der Waals surface area contributed by atoms with E-state index in [1.165, 1.54) is 6.42 Å². The van der Waals surface area contributed by atoms with Crippen LogP contribution in [0.25, 0.3) is 0 Å². The summed E-state index contributed by atoms with van der Waals surface area (Å²) in [7, 11) is 1.64. The van der Waals surface area contributed by atoms with Crippen LogP contribution in [0.4, 0.5) is 0 Å². The van der Waals surface area contributed by atoms with Gasteiger partial charge in [-0.25, -0.2) is 4.98 Å². The molecule has 134 valence electrons. The first-order valence-corrected chi connectivity index (χ1v) is 8.67. The molecule has 0 unspecified atom stereocenters. The van der Waals surface area contributed by atoms with E-state index in [1.807, 2.05) is 28.9 Å². The first-order chi connectivity index (χ1) is 12.2. The number of aromatic nitrogens is 3. The third-order valence-corrected chi connectivity index (χ3v) is 4.53. The molecule has 2 heterocycles. The van der Waals surface area contributed by atoms with Gasteiger partial charge in [0.15, 0.2) is 0 Å². The van der Waals surface area contributed by atoms with Crippen LogP contribution in [0.15, 0.2) is 36.9 Å². The van der Waals surface area contributed by atoms with Crippen LogP contribution in [0.3, 0.4) is 0 Å². The van der Waals surface area contributed by atoms with Gasteiger partial charge in [-0.2, -0.15) is 5.10 Å². The lowest BCUT2D eigenvalue weighted by Gasteiger charge is -2.32. The van der Waals surface area contributed by atoms with Crippen molar-refractivity contribution in [2.24, 2.45) is 5.92 Å². The van der Waals surface area contributed by atoms with Crippen molar-refractivity contribution in [2.75, 3.05) is 26.7 Å². The molecule has 0 bridgehead atoms. The van der Waals surface area contributed by atoms with Crippen molar-refractivity contribution in [3.63, 3.8) is 0 Å². The maximum atomic E-state index is 12.2. The number of benzene rings is 1. The van der Waals surface area contributed by atoms with E-state index < -0.39 is 0 Å². The number of amides is 1. The molecule has 1 atom stereocenters. The second-order valence-electron chi connectivity index (χ2n) is 6.49. The van der Waals surface area contributed by atoms with E-state index >= 15 is 0 Å². The van der Waals surface area contributed by atoms with Gasteiger partial charge in [-0.15, -0.1) is 0 Å². The van der Waals surface area contributed by atoms with Crippen molar-refractivity contribution in [1.29, 1.82) is 0 Å². The average molecular weight is 343 g/mol. The van der Waals surface area contributed by atoms with Gasteiger partial charge >= 0.3 is 0 Å². The number of methoxy groups -OCH3 is 1. The molecular weight excluding hydrogens is 318 g/mol. The summed E-state index contributed by atoms with van der Waals surface area (Å²) in [6.45, 7) is 3.76. The summed E-state index contributed by atoms with van der Waals surface area (Å²) >= 11 is 0. The predicted octanol–water partition coefficient (Wildman–Crippen LogP) is 1.32. The Bertz CT molecular complexity index is 657. The zero-order chi connectivity index (χ0) is 17.5. The van der Waals surface area contributed by atoms with Gasteiger partial charge in [0, 0.05) is 19.6 Å². The molecule has 1 amide bonds. The second-order valence-corrected chi connectivity index (χ2v) is 6.49. The lowest BCUT2D eigenvalue weighted by atomic mass is 9.98. The summed E-state index contributed by atoms with van der Waals surface area (Å²) in [6.07, 6.45) is 5.60. The quantitative estimate of drug-likeness (QED) is 0.821. The number of nitrogens with zero attached hydrogens (tertiary/aromatic N) is 4. The van der Waals surface area contributed by atoms with E-state index in [2.05, 4.69) is 20.3 Å². The first-order valence-electron chi connectivity index (χ1n) is 8.67. The fraction of sp³-hybridized carbons (Fsp3) is 0.500. The van der Waals surface area contributed by atoms with Crippen LogP contribution >= 0.6 is 0 Å². The molecule has 1 aromatic heterocycles. The fourth-order valence-corrected chi connectivity index (χ4v) is 3.24. The van der Waals surface area contributed by atoms with Gasteiger partial charge in [0.1, 0.15) is 18.4 Å². The van der Waals surface area contributed by atoms with Crippen molar-refractivity contribution in [3.8, 4) is 5.75 Å². The van der Waals surface area contributed by atoms with E-state index in [1.54, 1.807) is 19.8 Å². The Kier molecular flexibility index (Phi) is 6.00. The molecule has 1 aliphatic heterocycles. The lowest BCUT2D eigenvalue weighted by molar-refractivity contribution is -0.122. The molecule has 0 saturated carbocycles.